The Balaban J connectivity index is 2.34. The molecule has 0 radical (unpaired) electrons. The number of hydrogen-bond donors (Lipinski definition) is 2. The van der Waals surface area contributed by atoms with E-state index in [2.05, 4.69) is 21.2 Å². The summed E-state index contributed by atoms with van der Waals surface area (Å²) in [5.74, 6) is -2.41. The molecule has 2 N–H and O–H groups in total. The van der Waals surface area contributed by atoms with Gasteiger partial charge in [0.1, 0.15) is 16.6 Å². The summed E-state index contributed by atoms with van der Waals surface area (Å²) in [6, 6.07) is 3.92. The highest BCUT2D eigenvalue weighted by Crippen LogP contribution is 2.25. The van der Waals surface area contributed by atoms with E-state index < -0.39 is 44.6 Å². The molecule has 0 aliphatic rings. The smallest absolute Gasteiger partial charge is 0.343 e. The van der Waals surface area contributed by atoms with Crippen molar-refractivity contribution in [1.82, 2.24) is 9.29 Å². The minimum Gasteiger partial charge on any atom is -0.343 e. The SMILES string of the molecule is CC(NS(=O)(=O)c1cn(C)c(C(=O)Nc2cccc(Br)c2)c1F)C(F)(F)F. The number of anilines is 1. The predicted octanol–water partition coefficient (Wildman–Crippen LogP) is 3.41. The first kappa shape index (κ1) is 21.4. The first-order valence-corrected chi connectivity index (χ1v) is 9.61. The highest BCUT2D eigenvalue weighted by molar-refractivity contribution is 9.10. The van der Waals surface area contributed by atoms with Gasteiger partial charge in [-0.05, 0) is 25.1 Å². The summed E-state index contributed by atoms with van der Waals surface area (Å²) in [4.78, 5) is 11.3. The first-order valence-electron chi connectivity index (χ1n) is 7.33. The van der Waals surface area contributed by atoms with Crippen LogP contribution in [0.5, 0.6) is 0 Å². The lowest BCUT2D eigenvalue weighted by Crippen LogP contribution is -2.43. The molecule has 12 heteroatoms. The fourth-order valence-electron chi connectivity index (χ4n) is 2.14. The van der Waals surface area contributed by atoms with Crippen molar-refractivity contribution in [2.75, 3.05) is 5.32 Å². The van der Waals surface area contributed by atoms with Gasteiger partial charge in [-0.15, -0.1) is 0 Å². The van der Waals surface area contributed by atoms with Crippen molar-refractivity contribution in [2.24, 2.45) is 7.05 Å². The number of hydrogen-bond acceptors (Lipinski definition) is 3. The molecule has 6 nitrogen and oxygen atoms in total. The van der Waals surface area contributed by atoms with Gasteiger partial charge in [0.05, 0.1) is 0 Å². The van der Waals surface area contributed by atoms with Crippen molar-refractivity contribution in [2.45, 2.75) is 24.0 Å². The van der Waals surface area contributed by atoms with Crippen LogP contribution in [0, 0.1) is 5.82 Å². The average molecular weight is 472 g/mol. The highest BCUT2D eigenvalue weighted by atomic mass is 79.9. The first-order chi connectivity index (χ1) is 12.3. The fourth-order valence-corrected chi connectivity index (χ4v) is 3.89. The number of alkyl halides is 3. The lowest BCUT2D eigenvalue weighted by Gasteiger charge is -2.16. The molecule has 0 aliphatic heterocycles. The zero-order valence-corrected chi connectivity index (χ0v) is 16.3. The molecule has 2 rings (SSSR count). The Morgan fingerprint density at radius 1 is 1.30 bits per heavy atom. The predicted molar refractivity (Wildman–Crippen MR) is 93.3 cm³/mol. The van der Waals surface area contributed by atoms with Gasteiger partial charge in [-0.1, -0.05) is 22.0 Å². The van der Waals surface area contributed by atoms with Gasteiger partial charge in [-0.3, -0.25) is 4.79 Å². The summed E-state index contributed by atoms with van der Waals surface area (Å²) in [6.07, 6.45) is -4.12. The minimum absolute atomic E-state index is 0.309. The zero-order chi connectivity index (χ0) is 20.6. The van der Waals surface area contributed by atoms with Crippen LogP contribution in [0.1, 0.15) is 17.4 Å². The number of carbonyl (C=O) groups excluding carboxylic acids is 1. The average Bonchev–Trinajstić information content (AvgIpc) is 2.81. The van der Waals surface area contributed by atoms with Gasteiger partial charge < -0.3 is 9.88 Å². The third-order valence-electron chi connectivity index (χ3n) is 3.50. The molecule has 0 saturated carbocycles. The molecule has 1 heterocycles. The number of rotatable bonds is 5. The van der Waals surface area contributed by atoms with Crippen molar-refractivity contribution in [3.05, 3.63) is 46.4 Å². The van der Waals surface area contributed by atoms with Crippen LogP contribution in [-0.4, -0.2) is 31.1 Å². The van der Waals surface area contributed by atoms with Gasteiger partial charge in [0.15, 0.2) is 5.82 Å². The second-order valence-corrected chi connectivity index (χ2v) is 8.21. The zero-order valence-electron chi connectivity index (χ0n) is 13.9. The Morgan fingerprint density at radius 3 is 2.48 bits per heavy atom. The van der Waals surface area contributed by atoms with Crippen molar-refractivity contribution >= 4 is 37.5 Å². The standard InChI is InChI=1S/C15H14BrF4N3O3S/c1-8(15(18,19)20)22-27(25,26)11-7-23(2)13(12(11)17)14(24)21-10-5-3-4-9(16)6-10/h3-8,22H,1-2H3,(H,21,24). The number of halogens is 5. The number of sulfonamides is 1. The molecule has 0 fully saturated rings. The number of benzene rings is 1. The number of nitrogens with one attached hydrogen (secondary N) is 2. The van der Waals surface area contributed by atoms with Gasteiger partial charge in [0.25, 0.3) is 5.91 Å². The van der Waals surface area contributed by atoms with E-state index in [1.165, 1.54) is 23.9 Å². The third kappa shape index (κ3) is 4.87. The Kier molecular flexibility index (Phi) is 6.02. The normalized spacial score (nSPS) is 13.4. The minimum atomic E-state index is -4.85. The van der Waals surface area contributed by atoms with Gasteiger partial charge in [-0.2, -0.15) is 17.9 Å². The van der Waals surface area contributed by atoms with Crippen molar-refractivity contribution in [3.63, 3.8) is 0 Å². The molecule has 1 amide bonds. The highest BCUT2D eigenvalue weighted by Gasteiger charge is 2.40. The molecular formula is C15H14BrF4N3O3S. The van der Waals surface area contributed by atoms with Crippen LogP contribution in [-0.2, 0) is 17.1 Å². The molecule has 1 aromatic carbocycles. The monoisotopic (exact) mass is 471 g/mol. The van der Waals surface area contributed by atoms with Crippen molar-refractivity contribution < 1.29 is 30.8 Å². The van der Waals surface area contributed by atoms with Crippen LogP contribution in [0.15, 0.2) is 39.8 Å². The number of aromatic nitrogens is 1. The van der Waals surface area contributed by atoms with Gasteiger partial charge in [0.2, 0.25) is 10.0 Å². The molecule has 1 unspecified atom stereocenters. The van der Waals surface area contributed by atoms with Gasteiger partial charge in [0, 0.05) is 23.4 Å². The maximum Gasteiger partial charge on any atom is 0.404 e. The van der Waals surface area contributed by atoms with Crippen LogP contribution in [0.25, 0.3) is 0 Å². The lowest BCUT2D eigenvalue weighted by molar-refractivity contribution is -0.147. The molecule has 0 bridgehead atoms. The Labute approximate surface area is 160 Å². The van der Waals surface area contributed by atoms with Gasteiger partial charge in [-0.25, -0.2) is 12.8 Å². The van der Waals surface area contributed by atoms with Gasteiger partial charge >= 0.3 is 6.18 Å². The molecule has 27 heavy (non-hydrogen) atoms. The van der Waals surface area contributed by atoms with E-state index in [9.17, 15) is 30.8 Å². The number of nitrogens with zero attached hydrogens (tertiary/aromatic N) is 1. The summed E-state index contributed by atoms with van der Waals surface area (Å²) in [7, 11) is -3.64. The summed E-state index contributed by atoms with van der Waals surface area (Å²) >= 11 is 3.20. The number of carbonyl (C=O) groups is 1. The summed E-state index contributed by atoms with van der Waals surface area (Å²) in [6.45, 7) is 0.583. The number of aryl methyl sites for hydroxylation is 1. The third-order valence-corrected chi connectivity index (χ3v) is 5.52. The summed E-state index contributed by atoms with van der Waals surface area (Å²) < 4.78 is 79.4. The number of amides is 1. The van der Waals surface area contributed by atoms with E-state index >= 15 is 0 Å². The summed E-state index contributed by atoms with van der Waals surface area (Å²) in [5.41, 5.74) is -0.335. The largest absolute Gasteiger partial charge is 0.404 e. The van der Waals surface area contributed by atoms with E-state index in [1.807, 2.05) is 0 Å². The van der Waals surface area contributed by atoms with E-state index in [-0.39, 0.29) is 0 Å². The molecule has 0 spiro atoms. The van der Waals surface area contributed by atoms with Crippen LogP contribution in [0.3, 0.4) is 0 Å². The van der Waals surface area contributed by atoms with E-state index in [4.69, 9.17) is 0 Å². The van der Waals surface area contributed by atoms with Crippen LogP contribution in [0.2, 0.25) is 0 Å². The maximum atomic E-state index is 14.6. The lowest BCUT2D eigenvalue weighted by atomic mass is 10.3. The Hall–Kier alpha value is -1.92. The van der Waals surface area contributed by atoms with E-state index in [0.717, 1.165) is 10.8 Å². The molecule has 0 aliphatic carbocycles. The summed E-state index contributed by atoms with van der Waals surface area (Å²) in [5, 5.41) is 2.39. The molecule has 2 aromatic rings. The molecule has 1 atom stereocenters. The Bertz CT molecular complexity index is 973. The van der Waals surface area contributed by atoms with Crippen molar-refractivity contribution in [3.8, 4) is 0 Å². The topological polar surface area (TPSA) is 80.2 Å². The fraction of sp³-hybridized carbons (Fsp3) is 0.267. The van der Waals surface area contributed by atoms with Crippen molar-refractivity contribution in [1.29, 1.82) is 0 Å². The molecular weight excluding hydrogens is 458 g/mol. The van der Waals surface area contributed by atoms with E-state index in [0.29, 0.717) is 17.1 Å². The van der Waals surface area contributed by atoms with Crippen LogP contribution < -0.4 is 10.0 Å². The Morgan fingerprint density at radius 2 is 1.93 bits per heavy atom. The van der Waals surface area contributed by atoms with Crippen LogP contribution in [0.4, 0.5) is 23.2 Å². The second-order valence-electron chi connectivity index (χ2n) is 5.62. The molecule has 1 aromatic heterocycles. The molecule has 148 valence electrons. The second kappa shape index (κ2) is 7.60. The van der Waals surface area contributed by atoms with Crippen LogP contribution >= 0.6 is 15.9 Å². The quantitative estimate of drug-likeness (QED) is 0.655. The van der Waals surface area contributed by atoms with E-state index in [1.54, 1.807) is 12.1 Å². The maximum absolute atomic E-state index is 14.6. The molecule has 0 saturated heterocycles.